The average Bonchev–Trinajstić information content (AvgIpc) is 3.03. The van der Waals surface area contributed by atoms with E-state index in [0.29, 0.717) is 19.1 Å². The van der Waals surface area contributed by atoms with E-state index < -0.39 is 0 Å². The molecule has 2 aromatic carbocycles. The summed E-state index contributed by atoms with van der Waals surface area (Å²) in [4.78, 5) is 9.05. The second-order valence-corrected chi connectivity index (χ2v) is 6.78. The zero-order chi connectivity index (χ0) is 17.5. The summed E-state index contributed by atoms with van der Waals surface area (Å²) in [6.07, 6.45) is 1.83. The van der Waals surface area contributed by atoms with Crippen molar-refractivity contribution in [2.75, 3.05) is 19.0 Å². The molecule has 3 aromatic rings. The smallest absolute Gasteiger partial charge is 0.193 e. The van der Waals surface area contributed by atoms with Gasteiger partial charge in [-0.15, -0.1) is 11.3 Å². The number of thiazole rings is 1. The van der Waals surface area contributed by atoms with Crippen molar-refractivity contribution in [3.05, 3.63) is 59.1 Å². The van der Waals surface area contributed by atoms with Gasteiger partial charge in [-0.1, -0.05) is 30.3 Å². The molecule has 6 heteroatoms. The first-order chi connectivity index (χ1) is 12.3. The highest BCUT2D eigenvalue weighted by Gasteiger charge is 2.04. The molecule has 0 bridgehead atoms. The summed E-state index contributed by atoms with van der Waals surface area (Å²) in [5, 5.41) is 4.30. The summed E-state index contributed by atoms with van der Waals surface area (Å²) in [5.41, 5.74) is 9.05. The summed E-state index contributed by atoms with van der Waals surface area (Å²) in [6.45, 7) is 1.20. The van der Waals surface area contributed by atoms with Crippen molar-refractivity contribution in [3.8, 4) is 0 Å². The van der Waals surface area contributed by atoms with Gasteiger partial charge >= 0.3 is 0 Å². The van der Waals surface area contributed by atoms with Crippen molar-refractivity contribution in [1.29, 1.82) is 0 Å². The second-order valence-electron chi connectivity index (χ2n) is 5.66. The number of aryl methyl sites for hydroxylation is 1. The molecule has 0 saturated carbocycles. The fourth-order valence-corrected chi connectivity index (χ4v) is 3.57. The lowest BCUT2D eigenvalue weighted by Gasteiger charge is -2.10. The van der Waals surface area contributed by atoms with E-state index in [-0.39, 0.29) is 0 Å². The molecule has 0 amide bonds. The van der Waals surface area contributed by atoms with Crippen molar-refractivity contribution < 1.29 is 4.74 Å². The Morgan fingerprint density at radius 1 is 1.20 bits per heavy atom. The van der Waals surface area contributed by atoms with Gasteiger partial charge in [0, 0.05) is 31.3 Å². The maximum absolute atomic E-state index is 6.00. The van der Waals surface area contributed by atoms with E-state index in [1.165, 1.54) is 4.70 Å². The minimum atomic E-state index is 0.424. The maximum atomic E-state index is 6.00. The number of aliphatic imine (C=N–C) groups is 1. The van der Waals surface area contributed by atoms with E-state index in [2.05, 4.69) is 21.4 Å². The minimum absolute atomic E-state index is 0.424. The molecule has 0 atom stereocenters. The molecule has 0 aliphatic carbocycles. The summed E-state index contributed by atoms with van der Waals surface area (Å²) in [6, 6.07) is 16.1. The van der Waals surface area contributed by atoms with Crippen LogP contribution in [0.1, 0.15) is 17.0 Å². The van der Waals surface area contributed by atoms with E-state index in [0.717, 1.165) is 34.6 Å². The molecule has 0 saturated heterocycles. The zero-order valence-corrected chi connectivity index (χ0v) is 15.1. The number of nitrogens with zero attached hydrogens (tertiary/aromatic N) is 2. The monoisotopic (exact) mass is 354 g/mol. The topological polar surface area (TPSA) is 72.5 Å². The Morgan fingerprint density at radius 2 is 2.00 bits per heavy atom. The van der Waals surface area contributed by atoms with E-state index in [9.17, 15) is 0 Å². The molecule has 1 aromatic heterocycles. The highest BCUT2D eigenvalue weighted by molar-refractivity contribution is 7.18. The summed E-state index contributed by atoms with van der Waals surface area (Å²) >= 11 is 1.75. The summed E-state index contributed by atoms with van der Waals surface area (Å²) in [7, 11) is 1.68. The number of hydrogen-bond acceptors (Lipinski definition) is 4. The van der Waals surface area contributed by atoms with E-state index in [1.54, 1.807) is 18.4 Å². The molecule has 0 unspecified atom stereocenters. The lowest BCUT2D eigenvalue weighted by Crippen LogP contribution is -2.23. The molecule has 3 rings (SSSR count). The maximum Gasteiger partial charge on any atom is 0.193 e. The van der Waals surface area contributed by atoms with Crippen LogP contribution in [-0.4, -0.2) is 24.6 Å². The molecule has 3 N–H and O–H groups in total. The molecule has 0 aliphatic heterocycles. The number of anilines is 1. The van der Waals surface area contributed by atoms with Crippen molar-refractivity contribution in [1.82, 2.24) is 4.98 Å². The van der Waals surface area contributed by atoms with Gasteiger partial charge in [-0.25, -0.2) is 4.98 Å². The van der Waals surface area contributed by atoms with Gasteiger partial charge in [-0.05, 0) is 24.6 Å². The molecule has 25 heavy (non-hydrogen) atoms. The number of para-hydroxylation sites is 2. The number of nitrogens with two attached hydrogens (primary N) is 1. The molecule has 0 fully saturated rings. The van der Waals surface area contributed by atoms with Gasteiger partial charge in [0.05, 0.1) is 21.8 Å². The molecule has 0 radical (unpaired) electrons. The first-order valence-electron chi connectivity index (χ1n) is 8.24. The van der Waals surface area contributed by atoms with Crippen LogP contribution in [0.25, 0.3) is 10.2 Å². The molecule has 1 heterocycles. The van der Waals surface area contributed by atoms with Gasteiger partial charge in [0.1, 0.15) is 0 Å². The molecule has 130 valence electrons. The van der Waals surface area contributed by atoms with Crippen LogP contribution in [-0.2, 0) is 17.8 Å². The standard InChI is InChI=1S/C19H22N4OS/c1-24-13-14-7-2-3-8-15(14)23-19(20)21-12-6-11-18-22-16-9-4-5-10-17(16)25-18/h2-5,7-10H,6,11-13H2,1H3,(H3,20,21,23). The highest BCUT2D eigenvalue weighted by Crippen LogP contribution is 2.22. The molecule has 0 spiro atoms. The number of guanidine groups is 1. The Morgan fingerprint density at radius 3 is 2.84 bits per heavy atom. The fourth-order valence-electron chi connectivity index (χ4n) is 2.56. The van der Waals surface area contributed by atoms with Crippen LogP contribution in [0.5, 0.6) is 0 Å². The van der Waals surface area contributed by atoms with Gasteiger partial charge in [0.15, 0.2) is 5.96 Å². The van der Waals surface area contributed by atoms with Crippen LogP contribution in [0, 0.1) is 0 Å². The third-order valence-electron chi connectivity index (χ3n) is 3.75. The Labute approximate surface area is 151 Å². The minimum Gasteiger partial charge on any atom is -0.380 e. The van der Waals surface area contributed by atoms with Crippen LogP contribution in [0.15, 0.2) is 53.5 Å². The van der Waals surface area contributed by atoms with Crippen molar-refractivity contribution in [2.45, 2.75) is 19.4 Å². The number of fused-ring (bicyclic) bond motifs is 1. The third-order valence-corrected chi connectivity index (χ3v) is 4.85. The summed E-state index contributed by atoms with van der Waals surface area (Å²) in [5.74, 6) is 0.424. The van der Waals surface area contributed by atoms with E-state index >= 15 is 0 Å². The van der Waals surface area contributed by atoms with Crippen LogP contribution in [0.3, 0.4) is 0 Å². The predicted octanol–water partition coefficient (Wildman–Crippen LogP) is 3.80. The zero-order valence-electron chi connectivity index (χ0n) is 14.2. The summed E-state index contributed by atoms with van der Waals surface area (Å²) < 4.78 is 6.43. The number of nitrogens with one attached hydrogen (secondary N) is 1. The number of aromatic nitrogens is 1. The second kappa shape index (κ2) is 8.60. The normalized spacial score (nSPS) is 11.8. The Hall–Kier alpha value is -2.44. The SMILES string of the molecule is COCc1ccccc1NC(N)=NCCCc1nc2ccccc2s1. The Balaban J connectivity index is 1.52. The van der Waals surface area contributed by atoms with Gasteiger partial charge in [-0.3, -0.25) is 4.99 Å². The number of ether oxygens (including phenoxy) is 1. The third kappa shape index (κ3) is 4.78. The Bertz CT molecular complexity index is 826. The van der Waals surface area contributed by atoms with Crippen molar-refractivity contribution in [3.63, 3.8) is 0 Å². The quantitative estimate of drug-likeness (QED) is 0.384. The lowest BCUT2D eigenvalue weighted by molar-refractivity contribution is 0.185. The predicted molar refractivity (Wildman–Crippen MR) is 105 cm³/mol. The van der Waals surface area contributed by atoms with Gasteiger partial charge < -0.3 is 15.8 Å². The van der Waals surface area contributed by atoms with Crippen LogP contribution >= 0.6 is 11.3 Å². The van der Waals surface area contributed by atoms with Crippen LogP contribution < -0.4 is 11.1 Å². The first-order valence-corrected chi connectivity index (χ1v) is 9.06. The number of benzene rings is 2. The van der Waals surface area contributed by atoms with Gasteiger partial charge in [-0.2, -0.15) is 0 Å². The molecule has 5 nitrogen and oxygen atoms in total. The average molecular weight is 354 g/mol. The highest BCUT2D eigenvalue weighted by atomic mass is 32.1. The molecular formula is C19H22N4OS. The van der Waals surface area contributed by atoms with E-state index in [1.807, 2.05) is 42.5 Å². The van der Waals surface area contributed by atoms with Crippen LogP contribution in [0.2, 0.25) is 0 Å². The van der Waals surface area contributed by atoms with Gasteiger partial charge in [0.2, 0.25) is 0 Å². The van der Waals surface area contributed by atoms with Gasteiger partial charge in [0.25, 0.3) is 0 Å². The number of rotatable bonds is 7. The largest absolute Gasteiger partial charge is 0.380 e. The number of methoxy groups -OCH3 is 1. The fraction of sp³-hybridized carbons (Fsp3) is 0.263. The molecule has 0 aliphatic rings. The van der Waals surface area contributed by atoms with Crippen LogP contribution in [0.4, 0.5) is 5.69 Å². The first kappa shape index (κ1) is 17.4. The van der Waals surface area contributed by atoms with Crippen molar-refractivity contribution >= 4 is 33.2 Å². The Kier molecular flexibility index (Phi) is 5.98. The van der Waals surface area contributed by atoms with Crippen molar-refractivity contribution in [2.24, 2.45) is 10.7 Å². The van der Waals surface area contributed by atoms with E-state index in [4.69, 9.17) is 10.5 Å². The molecular weight excluding hydrogens is 332 g/mol. The lowest BCUT2D eigenvalue weighted by atomic mass is 10.2. The number of hydrogen-bond donors (Lipinski definition) is 2.